The van der Waals surface area contributed by atoms with Crippen molar-refractivity contribution in [3.63, 3.8) is 0 Å². The van der Waals surface area contributed by atoms with Crippen LogP contribution in [0.25, 0.3) is 0 Å². The van der Waals surface area contributed by atoms with Gasteiger partial charge in [0.05, 0.1) is 38.1 Å². The summed E-state index contributed by atoms with van der Waals surface area (Å²) in [7, 11) is 3.80. The van der Waals surface area contributed by atoms with E-state index in [9.17, 15) is 4.79 Å². The summed E-state index contributed by atoms with van der Waals surface area (Å²) in [6.07, 6.45) is 3.70. The Morgan fingerprint density at radius 1 is 1.23 bits per heavy atom. The van der Waals surface area contributed by atoms with Crippen molar-refractivity contribution in [3.8, 4) is 11.8 Å². The highest BCUT2D eigenvalue weighted by Crippen LogP contribution is 2.36. The van der Waals surface area contributed by atoms with Gasteiger partial charge < -0.3 is 28.9 Å². The van der Waals surface area contributed by atoms with E-state index in [1.807, 2.05) is 23.1 Å². The minimum absolute atomic E-state index is 0.0445. The minimum Gasteiger partial charge on any atom is -0.497 e. The number of piperazine rings is 1. The van der Waals surface area contributed by atoms with Gasteiger partial charge in [-0.25, -0.2) is 0 Å². The molecule has 10 nitrogen and oxygen atoms in total. The van der Waals surface area contributed by atoms with Crippen molar-refractivity contribution in [1.82, 2.24) is 24.7 Å². The topological polar surface area (TPSA) is 83.5 Å². The number of fused-ring (bicyclic) bond motifs is 3. The predicted molar refractivity (Wildman–Crippen MR) is 152 cm³/mol. The smallest absolute Gasteiger partial charge is 0.318 e. The van der Waals surface area contributed by atoms with Gasteiger partial charge in [0, 0.05) is 49.4 Å². The molecule has 0 spiro atoms. The first-order chi connectivity index (χ1) is 19.4. The number of amides is 1. The van der Waals surface area contributed by atoms with Gasteiger partial charge in [-0.05, 0) is 56.3 Å². The second-order valence-corrected chi connectivity index (χ2v) is 11.6. The Morgan fingerprint density at radius 3 is 2.73 bits per heavy atom. The molecule has 214 valence electrons. The molecule has 2 unspecified atom stereocenters. The number of likely N-dealkylation sites (tertiary alicyclic amines) is 1. The van der Waals surface area contributed by atoms with Crippen LogP contribution in [0.3, 0.4) is 0 Å². The van der Waals surface area contributed by atoms with Crippen molar-refractivity contribution in [2.45, 2.75) is 50.6 Å². The standard InChI is InChI=1S/C29H37ClN6O4/c1-4-27(37)36-21-12-35(13-22(36)17-39-16-21)28-24-14-34(11-19-10-23(38-3)7-8-25(19)30)15-26(24)31-29(32-28)40-18-20-6-5-9-33(20)2/h4,7-8,10,20-22H,1,5-6,9,11-18H2,2-3H3/t20-,21?,22?/m0/s1. The summed E-state index contributed by atoms with van der Waals surface area (Å²) >= 11 is 6.55. The summed E-state index contributed by atoms with van der Waals surface area (Å²) in [5, 5.41) is 0.712. The number of aromatic nitrogens is 2. The van der Waals surface area contributed by atoms with Crippen molar-refractivity contribution in [1.29, 1.82) is 0 Å². The maximum Gasteiger partial charge on any atom is 0.318 e. The highest BCUT2D eigenvalue weighted by Gasteiger charge is 2.42. The molecule has 0 aliphatic carbocycles. The SMILES string of the molecule is C=CC(=O)N1C2COCC1CN(c1nc(OC[C@@H]3CCCN3C)nc3c1CN(Cc1cc(OC)ccc1Cl)C3)C2. The minimum atomic E-state index is -0.0618. The molecule has 1 aromatic carbocycles. The van der Waals surface area contributed by atoms with Crippen molar-refractivity contribution >= 4 is 23.3 Å². The van der Waals surface area contributed by atoms with Crippen LogP contribution in [0.5, 0.6) is 11.8 Å². The highest BCUT2D eigenvalue weighted by molar-refractivity contribution is 6.31. The normalized spacial score (nSPS) is 24.7. The van der Waals surface area contributed by atoms with Gasteiger partial charge in [0.15, 0.2) is 0 Å². The number of carbonyl (C=O) groups is 1. The van der Waals surface area contributed by atoms with Crippen LogP contribution in [0.2, 0.25) is 5.02 Å². The number of hydrogen-bond acceptors (Lipinski definition) is 9. The number of halogens is 1. The lowest BCUT2D eigenvalue weighted by atomic mass is 10.0. The predicted octanol–water partition coefficient (Wildman–Crippen LogP) is 2.73. The quantitative estimate of drug-likeness (QED) is 0.446. The highest BCUT2D eigenvalue weighted by atomic mass is 35.5. The fourth-order valence-corrected chi connectivity index (χ4v) is 6.60. The molecular formula is C29H37ClN6O4. The van der Waals surface area contributed by atoms with Crippen LogP contribution < -0.4 is 14.4 Å². The molecule has 40 heavy (non-hydrogen) atoms. The van der Waals surface area contributed by atoms with Crippen LogP contribution in [0.15, 0.2) is 30.9 Å². The Balaban J connectivity index is 1.27. The number of ether oxygens (including phenoxy) is 3. The van der Waals surface area contributed by atoms with Crippen LogP contribution >= 0.6 is 11.6 Å². The van der Waals surface area contributed by atoms with E-state index in [1.54, 1.807) is 7.11 Å². The van der Waals surface area contributed by atoms with Gasteiger partial charge in [0.25, 0.3) is 0 Å². The summed E-state index contributed by atoms with van der Waals surface area (Å²) < 4.78 is 17.5. The first-order valence-corrected chi connectivity index (χ1v) is 14.4. The molecule has 5 heterocycles. The zero-order chi connectivity index (χ0) is 27.8. The maximum absolute atomic E-state index is 12.7. The molecular weight excluding hydrogens is 532 g/mol. The molecule has 0 saturated carbocycles. The third-order valence-electron chi connectivity index (χ3n) is 8.53. The molecule has 4 aliphatic heterocycles. The van der Waals surface area contributed by atoms with Crippen molar-refractivity contribution in [3.05, 3.63) is 52.7 Å². The van der Waals surface area contributed by atoms with Gasteiger partial charge in [-0.15, -0.1) is 0 Å². The Hall–Kier alpha value is -2.92. The number of likely N-dealkylation sites (N-methyl/N-ethyl adjacent to an activating group) is 1. The van der Waals surface area contributed by atoms with Gasteiger partial charge in [0.1, 0.15) is 18.2 Å². The fraction of sp³-hybridized carbons (Fsp3) is 0.552. The molecule has 6 rings (SSSR count). The van der Waals surface area contributed by atoms with Crippen molar-refractivity contribution < 1.29 is 19.0 Å². The average Bonchev–Trinajstić information content (AvgIpc) is 3.56. The molecule has 2 bridgehead atoms. The first kappa shape index (κ1) is 27.3. The number of carbonyl (C=O) groups excluding carboxylic acids is 1. The molecule has 4 aliphatic rings. The van der Waals surface area contributed by atoms with Gasteiger partial charge >= 0.3 is 6.01 Å². The molecule has 3 saturated heterocycles. The zero-order valence-electron chi connectivity index (χ0n) is 23.2. The van der Waals surface area contributed by atoms with Gasteiger partial charge in [-0.3, -0.25) is 9.69 Å². The van der Waals surface area contributed by atoms with Crippen LogP contribution in [0.1, 0.15) is 29.7 Å². The van der Waals surface area contributed by atoms with Crippen LogP contribution in [-0.4, -0.2) is 102 Å². The van der Waals surface area contributed by atoms with Gasteiger partial charge in [-0.2, -0.15) is 9.97 Å². The number of hydrogen-bond donors (Lipinski definition) is 0. The summed E-state index contributed by atoms with van der Waals surface area (Å²) in [4.78, 5) is 31.4. The second kappa shape index (κ2) is 11.5. The maximum atomic E-state index is 12.7. The lowest BCUT2D eigenvalue weighted by Gasteiger charge is -2.49. The monoisotopic (exact) mass is 568 g/mol. The lowest BCUT2D eigenvalue weighted by molar-refractivity contribution is -0.142. The molecule has 2 aromatic rings. The number of methoxy groups -OCH3 is 1. The van der Waals surface area contributed by atoms with E-state index >= 15 is 0 Å². The summed E-state index contributed by atoms with van der Waals surface area (Å²) in [6, 6.07) is 6.40. The van der Waals surface area contributed by atoms with Crippen molar-refractivity contribution in [2.24, 2.45) is 0 Å². The van der Waals surface area contributed by atoms with E-state index < -0.39 is 0 Å². The van der Waals surface area contributed by atoms with E-state index in [4.69, 9.17) is 35.8 Å². The molecule has 0 N–H and O–H groups in total. The van der Waals surface area contributed by atoms with Crippen LogP contribution in [-0.2, 0) is 29.2 Å². The molecule has 3 fully saturated rings. The third kappa shape index (κ3) is 5.37. The number of benzene rings is 1. The Bertz CT molecular complexity index is 1260. The number of morpholine rings is 1. The number of anilines is 1. The fourth-order valence-electron chi connectivity index (χ4n) is 6.42. The average molecular weight is 569 g/mol. The Morgan fingerprint density at radius 2 is 2.02 bits per heavy atom. The van der Waals surface area contributed by atoms with Gasteiger partial charge in [-0.1, -0.05) is 18.2 Å². The molecule has 1 aromatic heterocycles. The lowest BCUT2D eigenvalue weighted by Crippen LogP contribution is -2.66. The van der Waals surface area contributed by atoms with E-state index in [0.29, 0.717) is 69.6 Å². The van der Waals surface area contributed by atoms with E-state index in [1.165, 1.54) is 12.5 Å². The van der Waals surface area contributed by atoms with Gasteiger partial charge in [0.2, 0.25) is 5.91 Å². The summed E-state index contributed by atoms with van der Waals surface area (Å²) in [6.45, 7) is 9.65. The largest absolute Gasteiger partial charge is 0.497 e. The zero-order valence-corrected chi connectivity index (χ0v) is 24.0. The second-order valence-electron chi connectivity index (χ2n) is 11.1. The molecule has 11 heteroatoms. The number of nitrogens with zero attached hydrogens (tertiary/aromatic N) is 6. The molecule has 3 atom stereocenters. The Kier molecular flexibility index (Phi) is 7.85. The van der Waals surface area contributed by atoms with Crippen LogP contribution in [0, 0.1) is 0 Å². The summed E-state index contributed by atoms with van der Waals surface area (Å²) in [5.41, 5.74) is 3.09. The number of rotatable bonds is 8. The summed E-state index contributed by atoms with van der Waals surface area (Å²) in [5.74, 6) is 1.63. The first-order valence-electron chi connectivity index (χ1n) is 14.0. The van der Waals surface area contributed by atoms with E-state index in [0.717, 1.165) is 41.4 Å². The van der Waals surface area contributed by atoms with Crippen molar-refractivity contribution in [2.75, 3.05) is 58.5 Å². The molecule has 1 amide bonds. The van der Waals surface area contributed by atoms with E-state index in [-0.39, 0.29) is 18.0 Å². The third-order valence-corrected chi connectivity index (χ3v) is 8.90. The molecule has 0 radical (unpaired) electrons. The Labute approximate surface area is 240 Å². The van der Waals surface area contributed by atoms with Crippen LogP contribution in [0.4, 0.5) is 5.82 Å². The van der Waals surface area contributed by atoms with E-state index in [2.05, 4.69) is 28.3 Å².